The molecule has 0 bridgehead atoms. The Hall–Kier alpha value is -0.320. The van der Waals surface area contributed by atoms with Crippen LogP contribution in [0, 0.1) is 5.92 Å². The molecule has 84 valence electrons. The Balaban J connectivity index is 1.75. The summed E-state index contributed by atoms with van der Waals surface area (Å²) in [5.74, 6) is 0.497. The maximum absolute atomic E-state index is 7.56. The summed E-state index contributed by atoms with van der Waals surface area (Å²) in [6, 6.07) is 0. The monoisotopic (exact) mass is 212 g/mol. The zero-order valence-electron chi connectivity index (χ0n) is 7.42. The zero-order valence-corrected chi connectivity index (χ0v) is 7.42. The minimum Gasteiger partial charge on any atom is -0.219 e. The van der Waals surface area contributed by atoms with Crippen molar-refractivity contribution in [3.8, 4) is 0 Å². The summed E-state index contributed by atoms with van der Waals surface area (Å²) in [5, 5.41) is 29.1. The molecule has 1 aliphatic rings. The van der Waals surface area contributed by atoms with Crippen LogP contribution in [-0.2, 0) is 35.1 Å². The highest BCUT2D eigenvalue weighted by atomic mass is 17.9. The standard InChI is InChI=1S/C6H12O8/c7-9-11-13-14-12-10-8-5-6-3-1-2-4-6/h6-7H,1-5H2. The molecular weight excluding hydrogens is 200 g/mol. The van der Waals surface area contributed by atoms with E-state index in [0.29, 0.717) is 12.5 Å². The van der Waals surface area contributed by atoms with Crippen LogP contribution >= 0.6 is 0 Å². The summed E-state index contributed by atoms with van der Waals surface area (Å²) in [5.41, 5.74) is 0. The second-order valence-corrected chi connectivity index (χ2v) is 2.85. The number of rotatable bonds is 8. The Morgan fingerprint density at radius 3 is 2.29 bits per heavy atom. The van der Waals surface area contributed by atoms with Crippen molar-refractivity contribution >= 4 is 0 Å². The Labute approximate surface area is 79.7 Å². The van der Waals surface area contributed by atoms with Gasteiger partial charge in [0.25, 0.3) is 0 Å². The summed E-state index contributed by atoms with van der Waals surface area (Å²) in [6.07, 6.45) is 4.69. The lowest BCUT2D eigenvalue weighted by Gasteiger charge is -2.05. The van der Waals surface area contributed by atoms with E-state index in [4.69, 9.17) is 5.26 Å². The molecule has 0 heterocycles. The third-order valence-electron chi connectivity index (χ3n) is 1.97. The third-order valence-corrected chi connectivity index (χ3v) is 1.97. The van der Waals surface area contributed by atoms with E-state index in [-0.39, 0.29) is 0 Å². The van der Waals surface area contributed by atoms with Crippen molar-refractivity contribution in [1.29, 1.82) is 0 Å². The van der Waals surface area contributed by atoms with Crippen LogP contribution in [0.15, 0.2) is 0 Å². The molecule has 0 spiro atoms. The Morgan fingerprint density at radius 2 is 1.57 bits per heavy atom. The average Bonchev–Trinajstić information content (AvgIpc) is 2.69. The van der Waals surface area contributed by atoms with E-state index in [2.05, 4.69) is 35.1 Å². The molecule has 0 saturated heterocycles. The fourth-order valence-corrected chi connectivity index (χ4v) is 1.37. The maximum atomic E-state index is 7.56. The quantitative estimate of drug-likeness (QED) is 0.365. The second kappa shape index (κ2) is 8.03. The van der Waals surface area contributed by atoms with Crippen LogP contribution in [0.2, 0.25) is 0 Å². The Kier molecular flexibility index (Phi) is 6.74. The van der Waals surface area contributed by atoms with Crippen LogP contribution in [0.5, 0.6) is 0 Å². The largest absolute Gasteiger partial charge is 0.219 e. The topological polar surface area (TPSA) is 84.8 Å². The number of hydrogen-bond acceptors (Lipinski definition) is 8. The molecule has 0 aromatic heterocycles. The van der Waals surface area contributed by atoms with Gasteiger partial charge in [-0.15, -0.1) is 0 Å². The molecule has 0 aromatic carbocycles. The molecule has 8 heteroatoms. The second-order valence-electron chi connectivity index (χ2n) is 2.85. The van der Waals surface area contributed by atoms with Gasteiger partial charge in [0, 0.05) is 0 Å². The molecule has 1 N–H and O–H groups in total. The van der Waals surface area contributed by atoms with E-state index in [0.717, 1.165) is 12.8 Å². The molecule has 0 radical (unpaired) electrons. The van der Waals surface area contributed by atoms with Gasteiger partial charge in [0.1, 0.15) is 0 Å². The summed E-state index contributed by atoms with van der Waals surface area (Å²) in [4.78, 5) is 4.61. The minimum absolute atomic E-state index is 0.431. The molecule has 0 aliphatic heterocycles. The van der Waals surface area contributed by atoms with Gasteiger partial charge in [0.2, 0.25) is 0 Å². The van der Waals surface area contributed by atoms with Gasteiger partial charge in [-0.05, 0) is 49.0 Å². The highest BCUT2D eigenvalue weighted by molar-refractivity contribution is 4.65. The van der Waals surface area contributed by atoms with Crippen LogP contribution in [0.25, 0.3) is 0 Å². The molecule has 8 nitrogen and oxygen atoms in total. The summed E-state index contributed by atoms with van der Waals surface area (Å²) >= 11 is 0. The fraction of sp³-hybridized carbons (Fsp3) is 1.00. The van der Waals surface area contributed by atoms with E-state index in [1.54, 1.807) is 0 Å². The normalized spacial score (nSPS) is 17.8. The van der Waals surface area contributed by atoms with Crippen molar-refractivity contribution in [3.05, 3.63) is 0 Å². The average molecular weight is 212 g/mol. The van der Waals surface area contributed by atoms with Crippen molar-refractivity contribution in [2.75, 3.05) is 6.61 Å². The van der Waals surface area contributed by atoms with Crippen molar-refractivity contribution in [1.82, 2.24) is 0 Å². The molecule has 1 aliphatic carbocycles. The predicted octanol–water partition coefficient (Wildman–Crippen LogP) is 1.26. The molecular formula is C6H12O8. The summed E-state index contributed by atoms with van der Waals surface area (Å²) in [6.45, 7) is 0.431. The zero-order chi connectivity index (χ0) is 10.1. The molecule has 0 atom stereocenters. The molecule has 0 amide bonds. The van der Waals surface area contributed by atoms with Gasteiger partial charge in [-0.25, -0.2) is 10.1 Å². The van der Waals surface area contributed by atoms with Gasteiger partial charge in [0.15, 0.2) is 0 Å². The lowest BCUT2D eigenvalue weighted by molar-refractivity contribution is -0.812. The SMILES string of the molecule is OOOOOOOOCC1CCCC1. The first kappa shape index (κ1) is 11.8. The summed E-state index contributed by atoms with van der Waals surface area (Å²) < 4.78 is 0. The fourth-order valence-electron chi connectivity index (χ4n) is 1.37. The van der Waals surface area contributed by atoms with E-state index in [1.807, 2.05) is 0 Å². The van der Waals surface area contributed by atoms with Gasteiger partial charge < -0.3 is 0 Å². The predicted molar refractivity (Wildman–Crippen MR) is 37.0 cm³/mol. The van der Waals surface area contributed by atoms with Gasteiger partial charge in [0.05, 0.1) is 6.61 Å². The minimum atomic E-state index is 0.431. The maximum Gasteiger partial charge on any atom is 0.0883 e. The first-order valence-corrected chi connectivity index (χ1v) is 4.20. The molecule has 1 saturated carbocycles. The first-order chi connectivity index (χ1) is 6.93. The van der Waals surface area contributed by atoms with Gasteiger partial charge >= 0.3 is 0 Å². The first-order valence-electron chi connectivity index (χ1n) is 4.20. The summed E-state index contributed by atoms with van der Waals surface area (Å²) in [7, 11) is 0. The number of hydrogen-bond donors (Lipinski definition) is 1. The van der Waals surface area contributed by atoms with E-state index >= 15 is 0 Å². The van der Waals surface area contributed by atoms with Gasteiger partial charge in [-0.2, -0.15) is 0 Å². The van der Waals surface area contributed by atoms with E-state index < -0.39 is 0 Å². The Morgan fingerprint density at radius 1 is 0.929 bits per heavy atom. The van der Waals surface area contributed by atoms with Crippen molar-refractivity contribution in [2.45, 2.75) is 25.7 Å². The molecule has 1 fully saturated rings. The lowest BCUT2D eigenvalue weighted by atomic mass is 10.1. The van der Waals surface area contributed by atoms with Crippen LogP contribution in [-0.4, -0.2) is 11.9 Å². The molecule has 0 aromatic rings. The van der Waals surface area contributed by atoms with Crippen LogP contribution in [0.1, 0.15) is 25.7 Å². The third kappa shape index (κ3) is 5.42. The smallest absolute Gasteiger partial charge is 0.0883 e. The molecule has 0 unspecified atom stereocenters. The van der Waals surface area contributed by atoms with E-state index in [9.17, 15) is 0 Å². The van der Waals surface area contributed by atoms with Crippen LogP contribution in [0.4, 0.5) is 0 Å². The molecule has 14 heavy (non-hydrogen) atoms. The van der Waals surface area contributed by atoms with Gasteiger partial charge in [-0.3, -0.25) is 0 Å². The van der Waals surface area contributed by atoms with Crippen LogP contribution in [0.3, 0.4) is 0 Å². The highest BCUT2D eigenvalue weighted by Gasteiger charge is 2.15. The van der Waals surface area contributed by atoms with Gasteiger partial charge in [-0.1, -0.05) is 12.8 Å². The van der Waals surface area contributed by atoms with Crippen molar-refractivity contribution in [3.63, 3.8) is 0 Å². The van der Waals surface area contributed by atoms with Crippen molar-refractivity contribution in [2.24, 2.45) is 5.92 Å². The van der Waals surface area contributed by atoms with E-state index in [1.165, 1.54) is 12.8 Å². The lowest BCUT2D eigenvalue weighted by Crippen LogP contribution is -2.07. The van der Waals surface area contributed by atoms with Crippen molar-refractivity contribution < 1.29 is 40.4 Å². The Bertz CT molecular complexity index is 125. The van der Waals surface area contributed by atoms with Crippen LogP contribution < -0.4 is 0 Å². The molecule has 1 rings (SSSR count). The highest BCUT2D eigenvalue weighted by Crippen LogP contribution is 2.24.